The van der Waals surface area contributed by atoms with Gasteiger partial charge in [0.2, 0.25) is 0 Å². The van der Waals surface area contributed by atoms with Crippen molar-refractivity contribution in [2.75, 3.05) is 0 Å². The summed E-state index contributed by atoms with van der Waals surface area (Å²) in [5.41, 5.74) is 6.17. The Kier molecular flexibility index (Phi) is 2.46. The van der Waals surface area contributed by atoms with Crippen molar-refractivity contribution in [3.05, 3.63) is 29.8 Å². The summed E-state index contributed by atoms with van der Waals surface area (Å²) in [6, 6.07) is 8.21. The molecule has 54 valence electrons. The van der Waals surface area contributed by atoms with Gasteiger partial charge in [-0.1, -0.05) is 28.1 Å². The highest BCUT2D eigenvalue weighted by molar-refractivity contribution is 9.09. The maximum Gasteiger partial charge on any atom is 0.127 e. The molecule has 1 unspecified atom stereocenters. The van der Waals surface area contributed by atoms with Gasteiger partial charge in [-0.05, 0) is 24.6 Å². The lowest BCUT2D eigenvalue weighted by atomic mass is 10.2. The molecule has 0 radical (unpaired) electrons. The average Bonchev–Trinajstić information content (AvgIpc) is 1.88. The fourth-order valence-corrected chi connectivity index (χ4v) is 1.09. The highest BCUT2D eigenvalue weighted by atomic mass is 79.9. The third-order valence-corrected chi connectivity index (χ3v) is 1.97. The van der Waals surface area contributed by atoms with Crippen molar-refractivity contribution in [3.8, 4) is 0 Å². The van der Waals surface area contributed by atoms with E-state index < -0.39 is 0 Å². The van der Waals surface area contributed by atoms with Gasteiger partial charge in [0.05, 0.1) is 0 Å². The van der Waals surface area contributed by atoms with Crippen molar-refractivity contribution in [1.82, 2.24) is 0 Å². The molecule has 0 fully saturated rings. The second kappa shape index (κ2) is 3.17. The van der Waals surface area contributed by atoms with Crippen LogP contribution in [-0.2, 0) is 0 Å². The van der Waals surface area contributed by atoms with E-state index in [0.717, 1.165) is 5.69 Å². The van der Waals surface area contributed by atoms with Crippen LogP contribution in [0.4, 0.5) is 5.69 Å². The SMILES string of the molecule is CC(Br)c1ccc([NH3+])cc1. The first-order chi connectivity index (χ1) is 4.70. The van der Waals surface area contributed by atoms with Crippen molar-refractivity contribution in [2.24, 2.45) is 0 Å². The molecule has 1 aromatic carbocycles. The van der Waals surface area contributed by atoms with Crippen LogP contribution in [0.25, 0.3) is 0 Å². The van der Waals surface area contributed by atoms with E-state index in [0.29, 0.717) is 4.83 Å². The molecule has 1 atom stereocenters. The van der Waals surface area contributed by atoms with Crippen LogP contribution in [0.3, 0.4) is 0 Å². The summed E-state index contributed by atoms with van der Waals surface area (Å²) in [4.78, 5) is 0.438. The molecule has 1 nitrogen and oxygen atoms in total. The molecular formula is C8H11BrN+. The van der Waals surface area contributed by atoms with Gasteiger partial charge in [0.25, 0.3) is 0 Å². The maximum absolute atomic E-state index is 3.81. The van der Waals surface area contributed by atoms with Crippen molar-refractivity contribution in [1.29, 1.82) is 0 Å². The van der Waals surface area contributed by atoms with Crippen LogP contribution in [-0.4, -0.2) is 0 Å². The molecule has 0 spiro atoms. The Morgan fingerprint density at radius 3 is 2.20 bits per heavy atom. The first-order valence-corrected chi connectivity index (χ1v) is 4.17. The number of hydrogen-bond donors (Lipinski definition) is 1. The van der Waals surface area contributed by atoms with Crippen molar-refractivity contribution in [2.45, 2.75) is 11.8 Å². The smallest absolute Gasteiger partial charge is 0.127 e. The van der Waals surface area contributed by atoms with Crippen LogP contribution in [0, 0.1) is 0 Å². The molecule has 0 aromatic heterocycles. The molecule has 0 aliphatic carbocycles. The molecule has 0 aliphatic heterocycles. The molecule has 0 heterocycles. The number of quaternary nitrogens is 1. The highest BCUT2D eigenvalue weighted by Crippen LogP contribution is 2.21. The van der Waals surface area contributed by atoms with E-state index in [-0.39, 0.29) is 0 Å². The summed E-state index contributed by atoms with van der Waals surface area (Å²) in [5, 5.41) is 0. The Morgan fingerprint density at radius 2 is 1.80 bits per heavy atom. The van der Waals surface area contributed by atoms with Gasteiger partial charge in [0.1, 0.15) is 5.69 Å². The third-order valence-electron chi connectivity index (χ3n) is 1.44. The summed E-state index contributed by atoms with van der Waals surface area (Å²) in [5.74, 6) is 0. The lowest BCUT2D eigenvalue weighted by molar-refractivity contribution is -0.254. The number of benzene rings is 1. The quantitative estimate of drug-likeness (QED) is 0.673. The Hall–Kier alpha value is -0.340. The normalized spacial score (nSPS) is 13.1. The minimum absolute atomic E-state index is 0.438. The molecule has 1 rings (SSSR count). The van der Waals surface area contributed by atoms with Crippen molar-refractivity contribution in [3.63, 3.8) is 0 Å². The number of alkyl halides is 1. The second-order valence-corrected chi connectivity index (χ2v) is 3.73. The average molecular weight is 201 g/mol. The number of halogens is 1. The third kappa shape index (κ3) is 1.82. The Bertz CT molecular complexity index is 203. The summed E-state index contributed by atoms with van der Waals surface area (Å²) < 4.78 is 0. The minimum Gasteiger partial charge on any atom is -0.325 e. The molecule has 0 aliphatic rings. The number of hydrogen-bond acceptors (Lipinski definition) is 0. The van der Waals surface area contributed by atoms with E-state index in [1.165, 1.54) is 5.56 Å². The standard InChI is InChI=1S/C8H10BrN/c1-6(9)7-2-4-8(10)5-3-7/h2-6H,10H2,1H3/p+1. The van der Waals surface area contributed by atoms with Gasteiger partial charge in [-0.3, -0.25) is 0 Å². The van der Waals surface area contributed by atoms with Crippen LogP contribution < -0.4 is 5.73 Å². The summed E-state index contributed by atoms with van der Waals surface area (Å²) in [6.07, 6.45) is 0. The van der Waals surface area contributed by atoms with E-state index in [9.17, 15) is 0 Å². The first kappa shape index (κ1) is 7.76. The predicted molar refractivity (Wildman–Crippen MR) is 46.3 cm³/mol. The Balaban J connectivity index is 2.89. The van der Waals surface area contributed by atoms with Gasteiger partial charge >= 0.3 is 0 Å². The monoisotopic (exact) mass is 200 g/mol. The fourth-order valence-electron chi connectivity index (χ4n) is 0.783. The van der Waals surface area contributed by atoms with Gasteiger partial charge in [-0.25, -0.2) is 0 Å². The van der Waals surface area contributed by atoms with Crippen LogP contribution in [0.1, 0.15) is 17.3 Å². The molecule has 0 saturated heterocycles. The van der Waals surface area contributed by atoms with Gasteiger partial charge in [0, 0.05) is 4.83 Å². The second-order valence-electron chi connectivity index (χ2n) is 2.36. The highest BCUT2D eigenvalue weighted by Gasteiger charge is 1.98. The molecule has 0 bridgehead atoms. The zero-order valence-electron chi connectivity index (χ0n) is 5.97. The lowest BCUT2D eigenvalue weighted by Gasteiger charge is -2.00. The first-order valence-electron chi connectivity index (χ1n) is 3.26. The minimum atomic E-state index is 0.438. The molecule has 0 saturated carbocycles. The van der Waals surface area contributed by atoms with Gasteiger partial charge in [-0.15, -0.1) is 0 Å². The van der Waals surface area contributed by atoms with Crippen molar-refractivity contribution < 1.29 is 5.73 Å². The summed E-state index contributed by atoms with van der Waals surface area (Å²) in [7, 11) is 0. The van der Waals surface area contributed by atoms with E-state index in [1.54, 1.807) is 0 Å². The van der Waals surface area contributed by atoms with E-state index in [4.69, 9.17) is 0 Å². The van der Waals surface area contributed by atoms with E-state index in [1.807, 2.05) is 12.1 Å². The fraction of sp³-hybridized carbons (Fsp3) is 0.250. The van der Waals surface area contributed by atoms with E-state index in [2.05, 4.69) is 40.7 Å². The Labute approximate surface area is 69.4 Å². The zero-order valence-corrected chi connectivity index (χ0v) is 7.56. The molecular weight excluding hydrogens is 190 g/mol. The van der Waals surface area contributed by atoms with Crippen LogP contribution >= 0.6 is 15.9 Å². The topological polar surface area (TPSA) is 27.6 Å². The molecule has 10 heavy (non-hydrogen) atoms. The van der Waals surface area contributed by atoms with Gasteiger partial charge < -0.3 is 5.73 Å². The summed E-state index contributed by atoms with van der Waals surface area (Å²) >= 11 is 3.49. The Morgan fingerprint density at radius 1 is 1.30 bits per heavy atom. The largest absolute Gasteiger partial charge is 0.325 e. The molecule has 2 heteroatoms. The van der Waals surface area contributed by atoms with Crippen LogP contribution in [0.2, 0.25) is 0 Å². The van der Waals surface area contributed by atoms with Crippen LogP contribution in [0.15, 0.2) is 24.3 Å². The van der Waals surface area contributed by atoms with E-state index >= 15 is 0 Å². The number of rotatable bonds is 1. The van der Waals surface area contributed by atoms with Gasteiger partial charge in [0.15, 0.2) is 0 Å². The van der Waals surface area contributed by atoms with Crippen molar-refractivity contribution >= 4 is 21.6 Å². The molecule has 0 amide bonds. The molecule has 3 N–H and O–H groups in total. The maximum atomic E-state index is 3.81. The van der Waals surface area contributed by atoms with Gasteiger partial charge in [-0.2, -0.15) is 0 Å². The summed E-state index contributed by atoms with van der Waals surface area (Å²) in [6.45, 7) is 2.11. The van der Waals surface area contributed by atoms with Crippen LogP contribution in [0.5, 0.6) is 0 Å². The predicted octanol–water partition coefficient (Wildman–Crippen LogP) is 2.02. The lowest BCUT2D eigenvalue weighted by Crippen LogP contribution is -2.39. The molecule has 1 aromatic rings. The zero-order chi connectivity index (χ0) is 7.56.